The van der Waals surface area contributed by atoms with Crippen LogP contribution in [-0.2, 0) is 24.4 Å². The number of pyridine rings is 2. The van der Waals surface area contributed by atoms with Crippen molar-refractivity contribution >= 4 is 39.7 Å². The summed E-state index contributed by atoms with van der Waals surface area (Å²) in [5, 5.41) is 16.3. The summed E-state index contributed by atoms with van der Waals surface area (Å²) in [6, 6.07) is 22.5. The van der Waals surface area contributed by atoms with Crippen molar-refractivity contribution in [3.63, 3.8) is 0 Å². The molecule has 0 unspecified atom stereocenters. The quantitative estimate of drug-likeness (QED) is 0.147. The molecule has 6 aromatic rings. The van der Waals surface area contributed by atoms with E-state index in [9.17, 15) is 9.90 Å². The van der Waals surface area contributed by atoms with Crippen molar-refractivity contribution < 1.29 is 19.2 Å². The fourth-order valence-corrected chi connectivity index (χ4v) is 6.94. The first-order valence-electron chi connectivity index (χ1n) is 15.7. The van der Waals surface area contributed by atoms with E-state index in [-0.39, 0.29) is 4.75 Å². The van der Waals surface area contributed by atoms with E-state index in [4.69, 9.17) is 19.2 Å². The van der Waals surface area contributed by atoms with E-state index in [1.54, 1.807) is 31.8 Å². The molecule has 0 saturated carbocycles. The number of aliphatic carboxylic acids is 1. The fraction of sp³-hybridized carbons (Fsp3) is 0.316. The molecule has 0 spiro atoms. The fourth-order valence-electron chi connectivity index (χ4n) is 5.77. The highest BCUT2D eigenvalue weighted by Gasteiger charge is 2.33. The van der Waals surface area contributed by atoms with Crippen LogP contribution in [0.2, 0.25) is 0 Å². The van der Waals surface area contributed by atoms with Crippen molar-refractivity contribution in [2.45, 2.75) is 77.7 Å². The number of aryl methyl sites for hydroxylation is 2. The minimum Gasteiger partial charge on any atom is -0.486 e. The first kappa shape index (κ1) is 32.3. The molecule has 1 N–H and O–H groups in total. The highest BCUT2D eigenvalue weighted by atomic mass is 32.2. The molecule has 0 atom stereocenters. The van der Waals surface area contributed by atoms with Crippen molar-refractivity contribution in [1.82, 2.24) is 19.7 Å². The SMILES string of the molecule is Cc1noc(C)c1-c1ccc(Cn2c(CC(C)(C)C(=O)O)c(SC(C)(C)C)c3cc(OCc4ccc5ccccc5n4)cnc32)cc1. The lowest BCUT2D eigenvalue weighted by Crippen LogP contribution is -2.28. The van der Waals surface area contributed by atoms with Crippen LogP contribution < -0.4 is 4.74 Å². The summed E-state index contributed by atoms with van der Waals surface area (Å²) in [6.07, 6.45) is 2.09. The number of carboxylic acids is 1. The summed E-state index contributed by atoms with van der Waals surface area (Å²) < 4.78 is 13.7. The minimum atomic E-state index is -0.992. The molecule has 6 rings (SSSR count). The third-order valence-corrected chi connectivity index (χ3v) is 9.46. The van der Waals surface area contributed by atoms with Gasteiger partial charge in [0.15, 0.2) is 0 Å². The molecule has 242 valence electrons. The Kier molecular flexibility index (Phi) is 8.61. The van der Waals surface area contributed by atoms with Crippen molar-refractivity contribution in [3.05, 3.63) is 101 Å². The van der Waals surface area contributed by atoms with E-state index in [1.165, 1.54) is 0 Å². The number of carboxylic acid groups (broad SMARTS) is 1. The van der Waals surface area contributed by atoms with Gasteiger partial charge in [-0.1, -0.05) is 74.5 Å². The van der Waals surface area contributed by atoms with Crippen molar-refractivity contribution in [1.29, 1.82) is 0 Å². The summed E-state index contributed by atoms with van der Waals surface area (Å²) in [5.41, 5.74) is 6.47. The highest BCUT2D eigenvalue weighted by Crippen LogP contribution is 2.44. The minimum absolute atomic E-state index is 0.136. The summed E-state index contributed by atoms with van der Waals surface area (Å²) in [7, 11) is 0. The molecule has 8 nitrogen and oxygen atoms in total. The van der Waals surface area contributed by atoms with Crippen molar-refractivity contribution in [2.24, 2.45) is 5.41 Å². The Morgan fingerprint density at radius 3 is 2.43 bits per heavy atom. The monoisotopic (exact) mass is 648 g/mol. The van der Waals surface area contributed by atoms with E-state index >= 15 is 0 Å². The summed E-state index contributed by atoms with van der Waals surface area (Å²) in [4.78, 5) is 23.1. The molecular weight excluding hydrogens is 609 g/mol. The van der Waals surface area contributed by atoms with Crippen molar-refractivity contribution in [3.8, 4) is 16.9 Å². The van der Waals surface area contributed by atoms with E-state index in [0.717, 1.165) is 66.4 Å². The van der Waals surface area contributed by atoms with Crippen LogP contribution >= 0.6 is 11.8 Å². The molecule has 9 heteroatoms. The molecular formula is C38H40N4O4S. The first-order valence-corrected chi connectivity index (χ1v) is 16.5. The predicted octanol–water partition coefficient (Wildman–Crippen LogP) is 9.03. The van der Waals surface area contributed by atoms with E-state index in [0.29, 0.717) is 25.3 Å². The van der Waals surface area contributed by atoms with Crippen LogP contribution in [0.25, 0.3) is 33.1 Å². The van der Waals surface area contributed by atoms with Gasteiger partial charge in [-0.05, 0) is 57.0 Å². The summed E-state index contributed by atoms with van der Waals surface area (Å²) >= 11 is 1.73. The van der Waals surface area contributed by atoms with E-state index < -0.39 is 11.4 Å². The molecule has 0 aliphatic rings. The van der Waals surface area contributed by atoms with Crippen LogP contribution in [-0.4, -0.2) is 35.5 Å². The number of ether oxygens (including phenoxy) is 1. The summed E-state index contributed by atoms with van der Waals surface area (Å²) in [6.45, 7) is 14.7. The lowest BCUT2D eigenvalue weighted by Gasteiger charge is -2.24. The standard InChI is InChI=1S/C38H40N4O4S/c1-23-33(24(2)46-41-23)27-14-12-25(13-15-27)21-42-32(19-38(6,7)36(43)44)34(47-37(3,4)5)30-18-29(20-39-35(30)42)45-22-28-17-16-26-10-8-9-11-31(26)40-28/h8-18,20H,19,21-22H2,1-7H3,(H,43,44). The first-order chi connectivity index (χ1) is 22.3. The average Bonchev–Trinajstić information content (AvgIpc) is 3.50. The van der Waals surface area contributed by atoms with E-state index in [1.807, 2.05) is 50.2 Å². The highest BCUT2D eigenvalue weighted by molar-refractivity contribution is 8.00. The number of aromatic nitrogens is 4. The molecule has 0 bridgehead atoms. The number of rotatable bonds is 10. The molecule has 4 heterocycles. The number of thioether (sulfide) groups is 1. The Morgan fingerprint density at radius 1 is 1.00 bits per heavy atom. The van der Waals surface area contributed by atoms with Gasteiger partial charge in [0.05, 0.1) is 28.5 Å². The zero-order valence-electron chi connectivity index (χ0n) is 27.9. The topological polar surface area (TPSA) is 103 Å². The average molecular weight is 649 g/mol. The number of hydrogen-bond acceptors (Lipinski definition) is 7. The lowest BCUT2D eigenvalue weighted by molar-refractivity contribution is -0.146. The maximum atomic E-state index is 12.4. The van der Waals surface area contributed by atoms with Gasteiger partial charge in [0, 0.05) is 44.6 Å². The lowest BCUT2D eigenvalue weighted by atomic mass is 9.88. The smallest absolute Gasteiger partial charge is 0.309 e. The van der Waals surface area contributed by atoms with Gasteiger partial charge in [-0.2, -0.15) is 0 Å². The zero-order chi connectivity index (χ0) is 33.5. The Labute approximate surface area is 279 Å². The Morgan fingerprint density at radius 2 is 1.74 bits per heavy atom. The van der Waals surface area contributed by atoms with Crippen molar-refractivity contribution in [2.75, 3.05) is 0 Å². The van der Waals surface area contributed by atoms with Crippen LogP contribution in [0.1, 0.15) is 63.0 Å². The molecule has 47 heavy (non-hydrogen) atoms. The largest absolute Gasteiger partial charge is 0.486 e. The van der Waals surface area contributed by atoms with Gasteiger partial charge in [-0.25, -0.2) is 9.97 Å². The van der Waals surface area contributed by atoms with Gasteiger partial charge >= 0.3 is 5.97 Å². The van der Waals surface area contributed by atoms with Crippen LogP contribution in [0.3, 0.4) is 0 Å². The van der Waals surface area contributed by atoms with E-state index in [2.05, 4.69) is 60.8 Å². The summed E-state index contributed by atoms with van der Waals surface area (Å²) in [5.74, 6) is 0.574. The Bertz CT molecular complexity index is 2070. The maximum absolute atomic E-state index is 12.4. The van der Waals surface area contributed by atoms with Crippen LogP contribution in [0.4, 0.5) is 0 Å². The Hall–Kier alpha value is -4.63. The van der Waals surface area contributed by atoms with Gasteiger partial charge in [0.1, 0.15) is 23.8 Å². The van der Waals surface area contributed by atoms with Gasteiger partial charge < -0.3 is 18.9 Å². The van der Waals surface area contributed by atoms with Crippen LogP contribution in [0.15, 0.2) is 82.3 Å². The third-order valence-electron chi connectivity index (χ3n) is 8.19. The number of para-hydroxylation sites is 1. The second kappa shape index (κ2) is 12.5. The van der Waals surface area contributed by atoms with Gasteiger partial charge in [-0.3, -0.25) is 4.79 Å². The van der Waals surface area contributed by atoms with Gasteiger partial charge in [-0.15, -0.1) is 11.8 Å². The molecule has 0 aliphatic heterocycles. The second-order valence-electron chi connectivity index (χ2n) is 13.7. The predicted molar refractivity (Wildman–Crippen MR) is 187 cm³/mol. The number of hydrogen-bond donors (Lipinski definition) is 1. The molecule has 2 aromatic carbocycles. The molecule has 0 radical (unpaired) electrons. The maximum Gasteiger partial charge on any atom is 0.309 e. The number of nitrogens with zero attached hydrogens (tertiary/aromatic N) is 4. The normalized spacial score (nSPS) is 12.2. The zero-order valence-corrected chi connectivity index (χ0v) is 28.7. The molecule has 0 saturated heterocycles. The number of fused-ring (bicyclic) bond motifs is 2. The number of carbonyl (C=O) groups is 1. The Balaban J connectivity index is 1.41. The van der Waals surface area contributed by atoms with Crippen LogP contribution in [0.5, 0.6) is 5.75 Å². The molecule has 0 fully saturated rings. The molecule has 0 amide bonds. The van der Waals surface area contributed by atoms with Crippen LogP contribution in [0, 0.1) is 19.3 Å². The number of benzene rings is 2. The van der Waals surface area contributed by atoms with Gasteiger partial charge in [0.2, 0.25) is 0 Å². The van der Waals surface area contributed by atoms with Gasteiger partial charge in [0.25, 0.3) is 0 Å². The molecule has 4 aromatic heterocycles. The second-order valence-corrected chi connectivity index (χ2v) is 15.5. The molecule has 0 aliphatic carbocycles. The third kappa shape index (κ3) is 6.90.